The number of carbonyl (C=O) groups is 1. The number of benzene rings is 1. The Bertz CT molecular complexity index is 387. The van der Waals surface area contributed by atoms with E-state index in [4.69, 9.17) is 0 Å². The smallest absolute Gasteiger partial charge is 0.254 e. The van der Waals surface area contributed by atoms with Crippen LogP contribution in [0.1, 0.15) is 28.8 Å². The van der Waals surface area contributed by atoms with E-state index in [2.05, 4.69) is 15.9 Å². The average Bonchev–Trinajstić information content (AvgIpc) is 3.09. The highest BCUT2D eigenvalue weighted by Crippen LogP contribution is 2.28. The van der Waals surface area contributed by atoms with E-state index >= 15 is 0 Å². The Balaban J connectivity index is 2.15. The lowest BCUT2D eigenvalue weighted by Crippen LogP contribution is -2.34. The van der Waals surface area contributed by atoms with Gasteiger partial charge in [0.05, 0.1) is 0 Å². The van der Waals surface area contributed by atoms with Crippen LogP contribution in [-0.4, -0.2) is 28.7 Å². The van der Waals surface area contributed by atoms with Crippen LogP contribution in [-0.2, 0) is 0 Å². The second-order valence-electron chi connectivity index (χ2n) is 4.29. The fourth-order valence-corrected chi connectivity index (χ4v) is 2.25. The Labute approximate surface area is 105 Å². The van der Waals surface area contributed by atoms with Crippen molar-refractivity contribution >= 4 is 21.8 Å². The van der Waals surface area contributed by atoms with Gasteiger partial charge in [-0.25, -0.2) is 0 Å². The SMILES string of the molecule is Cc1cccc(C(=O)N(CCBr)C2CC2)c1. The molecular weight excluding hydrogens is 266 g/mol. The molecule has 0 spiro atoms. The van der Waals surface area contributed by atoms with Crippen LogP contribution in [0.15, 0.2) is 24.3 Å². The van der Waals surface area contributed by atoms with Crippen molar-refractivity contribution in [2.24, 2.45) is 0 Å². The Hall–Kier alpha value is -0.830. The number of hydrogen-bond acceptors (Lipinski definition) is 1. The first-order chi connectivity index (χ1) is 7.72. The molecule has 16 heavy (non-hydrogen) atoms. The van der Waals surface area contributed by atoms with Gasteiger partial charge in [-0.1, -0.05) is 33.6 Å². The molecule has 1 aliphatic carbocycles. The Morgan fingerprint density at radius 2 is 2.25 bits per heavy atom. The van der Waals surface area contributed by atoms with E-state index in [1.807, 2.05) is 36.1 Å². The van der Waals surface area contributed by atoms with Gasteiger partial charge >= 0.3 is 0 Å². The van der Waals surface area contributed by atoms with Crippen molar-refractivity contribution in [3.8, 4) is 0 Å². The van der Waals surface area contributed by atoms with Crippen LogP contribution < -0.4 is 0 Å². The molecule has 86 valence electrons. The van der Waals surface area contributed by atoms with Crippen molar-refractivity contribution < 1.29 is 4.79 Å². The maximum atomic E-state index is 12.3. The predicted octanol–water partition coefficient (Wildman–Crippen LogP) is 2.99. The number of amides is 1. The van der Waals surface area contributed by atoms with Gasteiger partial charge in [0, 0.05) is 23.5 Å². The maximum absolute atomic E-state index is 12.3. The van der Waals surface area contributed by atoms with Gasteiger partial charge in [-0.2, -0.15) is 0 Å². The van der Waals surface area contributed by atoms with Crippen LogP contribution in [0.3, 0.4) is 0 Å². The van der Waals surface area contributed by atoms with Gasteiger partial charge in [-0.3, -0.25) is 4.79 Å². The molecule has 2 nitrogen and oxygen atoms in total. The van der Waals surface area contributed by atoms with E-state index in [9.17, 15) is 4.79 Å². The van der Waals surface area contributed by atoms with E-state index in [1.165, 1.54) is 0 Å². The van der Waals surface area contributed by atoms with Crippen molar-refractivity contribution in [3.63, 3.8) is 0 Å². The van der Waals surface area contributed by atoms with Crippen LogP contribution in [0.5, 0.6) is 0 Å². The molecule has 1 amide bonds. The number of carbonyl (C=O) groups excluding carboxylic acids is 1. The van der Waals surface area contributed by atoms with Gasteiger partial charge in [0.2, 0.25) is 0 Å². The molecule has 0 bridgehead atoms. The number of aryl methyl sites for hydroxylation is 1. The lowest BCUT2D eigenvalue weighted by molar-refractivity contribution is 0.0754. The fourth-order valence-electron chi connectivity index (χ4n) is 1.87. The number of halogens is 1. The van der Waals surface area contributed by atoms with Gasteiger partial charge in [0.15, 0.2) is 0 Å². The number of nitrogens with zero attached hydrogens (tertiary/aromatic N) is 1. The normalized spacial score (nSPS) is 14.9. The second-order valence-corrected chi connectivity index (χ2v) is 5.08. The van der Waals surface area contributed by atoms with Crippen LogP contribution in [0, 0.1) is 6.92 Å². The molecule has 1 fully saturated rings. The van der Waals surface area contributed by atoms with E-state index < -0.39 is 0 Å². The Kier molecular flexibility index (Phi) is 3.64. The van der Waals surface area contributed by atoms with E-state index in [1.54, 1.807) is 0 Å². The average molecular weight is 282 g/mol. The van der Waals surface area contributed by atoms with E-state index in [0.717, 1.165) is 35.8 Å². The number of alkyl halides is 1. The molecule has 1 aromatic carbocycles. The summed E-state index contributed by atoms with van der Waals surface area (Å²) < 4.78 is 0. The summed E-state index contributed by atoms with van der Waals surface area (Å²) in [6.07, 6.45) is 2.31. The fraction of sp³-hybridized carbons (Fsp3) is 0.462. The standard InChI is InChI=1S/C13H16BrNO/c1-10-3-2-4-11(9-10)13(16)15(8-7-14)12-5-6-12/h2-4,9,12H,5-8H2,1H3. The molecular formula is C13H16BrNO. The van der Waals surface area contributed by atoms with Crippen molar-refractivity contribution in [3.05, 3.63) is 35.4 Å². The van der Waals surface area contributed by atoms with Crippen LogP contribution in [0.2, 0.25) is 0 Å². The lowest BCUT2D eigenvalue weighted by atomic mass is 10.1. The summed E-state index contributed by atoms with van der Waals surface area (Å²) in [5, 5.41) is 0.848. The summed E-state index contributed by atoms with van der Waals surface area (Å²) in [5.41, 5.74) is 1.95. The molecule has 0 atom stereocenters. The van der Waals surface area contributed by atoms with Gasteiger partial charge in [0.1, 0.15) is 0 Å². The minimum Gasteiger partial charge on any atom is -0.335 e. The molecule has 0 saturated heterocycles. The zero-order chi connectivity index (χ0) is 11.5. The summed E-state index contributed by atoms with van der Waals surface area (Å²) in [6, 6.07) is 8.31. The summed E-state index contributed by atoms with van der Waals surface area (Å²) in [6.45, 7) is 2.82. The number of rotatable bonds is 4. The highest BCUT2D eigenvalue weighted by Gasteiger charge is 2.32. The van der Waals surface area contributed by atoms with E-state index in [-0.39, 0.29) is 5.91 Å². The molecule has 0 aliphatic heterocycles. The molecule has 1 aliphatic rings. The number of hydrogen-bond donors (Lipinski definition) is 0. The monoisotopic (exact) mass is 281 g/mol. The lowest BCUT2D eigenvalue weighted by Gasteiger charge is -2.21. The second kappa shape index (κ2) is 5.00. The molecule has 1 saturated carbocycles. The van der Waals surface area contributed by atoms with Gasteiger partial charge in [-0.05, 0) is 31.9 Å². The van der Waals surface area contributed by atoms with Crippen LogP contribution in [0.4, 0.5) is 0 Å². The predicted molar refractivity (Wildman–Crippen MR) is 69.0 cm³/mol. The molecule has 0 unspecified atom stereocenters. The first-order valence-electron chi connectivity index (χ1n) is 5.66. The molecule has 0 radical (unpaired) electrons. The summed E-state index contributed by atoms with van der Waals surface area (Å²) in [4.78, 5) is 14.3. The van der Waals surface area contributed by atoms with Crippen molar-refractivity contribution in [2.75, 3.05) is 11.9 Å². The van der Waals surface area contributed by atoms with Gasteiger partial charge < -0.3 is 4.90 Å². The van der Waals surface area contributed by atoms with Crippen LogP contribution >= 0.6 is 15.9 Å². The summed E-state index contributed by atoms with van der Waals surface area (Å²) >= 11 is 3.41. The largest absolute Gasteiger partial charge is 0.335 e. The molecule has 3 heteroatoms. The molecule has 0 aromatic heterocycles. The molecule has 2 rings (SSSR count). The zero-order valence-electron chi connectivity index (χ0n) is 9.45. The summed E-state index contributed by atoms with van der Waals surface area (Å²) in [5.74, 6) is 0.172. The summed E-state index contributed by atoms with van der Waals surface area (Å²) in [7, 11) is 0. The minimum atomic E-state index is 0.172. The third kappa shape index (κ3) is 2.64. The maximum Gasteiger partial charge on any atom is 0.254 e. The van der Waals surface area contributed by atoms with Crippen LogP contribution in [0.25, 0.3) is 0 Å². The Morgan fingerprint density at radius 3 is 2.81 bits per heavy atom. The first kappa shape index (κ1) is 11.6. The quantitative estimate of drug-likeness (QED) is 0.777. The highest BCUT2D eigenvalue weighted by atomic mass is 79.9. The molecule has 0 N–H and O–H groups in total. The van der Waals surface area contributed by atoms with Crippen molar-refractivity contribution in [2.45, 2.75) is 25.8 Å². The zero-order valence-corrected chi connectivity index (χ0v) is 11.0. The van der Waals surface area contributed by atoms with E-state index in [0.29, 0.717) is 6.04 Å². The van der Waals surface area contributed by atoms with Crippen molar-refractivity contribution in [1.29, 1.82) is 0 Å². The molecule has 1 aromatic rings. The highest BCUT2D eigenvalue weighted by molar-refractivity contribution is 9.09. The van der Waals surface area contributed by atoms with Gasteiger partial charge in [-0.15, -0.1) is 0 Å². The topological polar surface area (TPSA) is 20.3 Å². The third-order valence-corrected chi connectivity index (χ3v) is 3.19. The Morgan fingerprint density at radius 1 is 1.50 bits per heavy atom. The first-order valence-corrected chi connectivity index (χ1v) is 6.78. The third-order valence-electron chi connectivity index (χ3n) is 2.84. The minimum absolute atomic E-state index is 0.172. The van der Waals surface area contributed by atoms with Crippen molar-refractivity contribution in [1.82, 2.24) is 4.90 Å². The van der Waals surface area contributed by atoms with Gasteiger partial charge in [0.25, 0.3) is 5.91 Å². The molecule has 0 heterocycles.